The van der Waals surface area contributed by atoms with Crippen LogP contribution in [-0.2, 0) is 25.5 Å². The van der Waals surface area contributed by atoms with Crippen LogP contribution in [0.25, 0.3) is 55.9 Å². The fraction of sp³-hybridized carbons (Fsp3) is 0.429. The van der Waals surface area contributed by atoms with Crippen LogP contribution in [0.5, 0.6) is 0 Å². The molecule has 3 amide bonds. The molecule has 1 aliphatic heterocycles. The number of aliphatic imine (C=N–C) groups is 1. The number of fused-ring (bicyclic) bond motifs is 3. The van der Waals surface area contributed by atoms with Gasteiger partial charge in [-0.25, -0.2) is 39.7 Å². The van der Waals surface area contributed by atoms with Crippen molar-refractivity contribution in [1.29, 1.82) is 0 Å². The molecule has 2 aromatic carbocycles. The number of nitrogens with zero attached hydrogens (tertiary/aromatic N) is 8. The normalized spacial score (nSPS) is 15.6. The first-order valence-electron chi connectivity index (χ1n) is 20.2. The largest absolute Gasteiger partial charge is 0.469 e. The Hall–Kier alpha value is -6.72. The van der Waals surface area contributed by atoms with Crippen LogP contribution in [0.15, 0.2) is 53.8 Å². The van der Waals surface area contributed by atoms with Gasteiger partial charge in [0.15, 0.2) is 22.6 Å². The minimum absolute atomic E-state index is 0.0203. The lowest BCUT2D eigenvalue weighted by atomic mass is 10.0. The van der Waals surface area contributed by atoms with Crippen LogP contribution in [0.3, 0.4) is 0 Å². The summed E-state index contributed by atoms with van der Waals surface area (Å²) in [4.78, 5) is 78.9. The maximum absolute atomic E-state index is 13.7. The third-order valence-electron chi connectivity index (χ3n) is 10.7. The maximum atomic E-state index is 13.7. The van der Waals surface area contributed by atoms with Gasteiger partial charge in [-0.1, -0.05) is 52.0 Å². The van der Waals surface area contributed by atoms with E-state index in [1.54, 1.807) is 12.4 Å². The molecule has 7 rings (SSSR count). The summed E-state index contributed by atoms with van der Waals surface area (Å²) in [5.41, 5.74) is 11.2. The smallest absolute Gasteiger partial charge is 0.407 e. The summed E-state index contributed by atoms with van der Waals surface area (Å²) >= 11 is 0. The number of nitrogens with one attached hydrogen (secondary N) is 4. The SMILES string of the molecule is COC(=O)NC(C(=O)NCCCCc1nc2ncc(-c3ccc4cc(-c5cnc6nc(C7CCCN7C(=O)C(N=C(N)OC)C(C)C)[nH]c6n5)ccc4c3)nc2[nH]1)C(C)C. The van der Waals surface area contributed by atoms with Crippen molar-refractivity contribution < 1.29 is 23.9 Å². The first kappa shape index (κ1) is 41.4. The van der Waals surface area contributed by atoms with Crippen LogP contribution >= 0.6 is 0 Å². The minimum Gasteiger partial charge on any atom is -0.469 e. The van der Waals surface area contributed by atoms with Crippen LogP contribution in [0.4, 0.5) is 4.79 Å². The highest BCUT2D eigenvalue weighted by Crippen LogP contribution is 2.33. The van der Waals surface area contributed by atoms with Crippen molar-refractivity contribution in [2.75, 3.05) is 27.3 Å². The third kappa shape index (κ3) is 9.11. The molecule has 1 saturated heterocycles. The highest BCUT2D eigenvalue weighted by atomic mass is 16.5. The number of imidazole rings is 2. The van der Waals surface area contributed by atoms with Crippen molar-refractivity contribution in [3.8, 4) is 22.5 Å². The Labute approximate surface area is 346 Å². The first-order valence-corrected chi connectivity index (χ1v) is 20.2. The molecular formula is C42H51N13O5. The molecule has 6 aromatic rings. The first-order chi connectivity index (χ1) is 28.9. The van der Waals surface area contributed by atoms with Gasteiger partial charge < -0.3 is 40.7 Å². The topological polar surface area (TPSA) is 244 Å². The number of aryl methyl sites for hydroxylation is 1. The number of benzene rings is 2. The second kappa shape index (κ2) is 18.0. The molecule has 6 N–H and O–H groups in total. The van der Waals surface area contributed by atoms with Gasteiger partial charge in [-0.15, -0.1) is 0 Å². The molecule has 5 heterocycles. The number of methoxy groups -OCH3 is 2. The van der Waals surface area contributed by atoms with E-state index < -0.39 is 18.2 Å². The number of hydrogen-bond donors (Lipinski definition) is 5. The van der Waals surface area contributed by atoms with Gasteiger partial charge >= 0.3 is 6.09 Å². The lowest BCUT2D eigenvalue weighted by molar-refractivity contribution is -0.134. The van der Waals surface area contributed by atoms with E-state index in [4.69, 9.17) is 25.4 Å². The molecule has 3 unspecified atom stereocenters. The van der Waals surface area contributed by atoms with Crippen molar-refractivity contribution in [2.24, 2.45) is 22.6 Å². The second-order valence-electron chi connectivity index (χ2n) is 15.6. The molecule has 1 fully saturated rings. The van der Waals surface area contributed by atoms with Crippen LogP contribution in [0.2, 0.25) is 0 Å². The number of amidine groups is 1. The molecule has 1 aliphatic rings. The predicted octanol–water partition coefficient (Wildman–Crippen LogP) is 4.98. The van der Waals surface area contributed by atoms with E-state index >= 15 is 0 Å². The standard InChI is InChI=1S/C42H51N13O5/c1-22(2)32(52-42(58)60-6)39(56)44-16-8-7-11-31-49-35-37(50-31)47-28(20-45-35)26-14-12-25-19-27(15-13-24(25)18-26)29-21-46-36-38(48-29)54-34(53-36)30-10-9-17-55(30)40(57)33(23(3)4)51-41(43)59-5/h12-15,18-23,30,32-33H,7-11,16-17H2,1-6H3,(H2,43,51)(H,44,56)(H,52,58)(H,45,47,49,50)(H,46,48,53,54). The summed E-state index contributed by atoms with van der Waals surface area (Å²) in [6.07, 6.45) is 6.57. The number of aromatic amines is 2. The number of amides is 3. The summed E-state index contributed by atoms with van der Waals surface area (Å²) in [7, 11) is 2.70. The number of ether oxygens (including phenoxy) is 2. The molecule has 0 saturated carbocycles. The fourth-order valence-electron chi connectivity index (χ4n) is 7.40. The number of rotatable bonds is 14. The Morgan fingerprint density at radius 2 is 1.52 bits per heavy atom. The number of carbonyl (C=O) groups excluding carboxylic acids is 3. The van der Waals surface area contributed by atoms with Crippen LogP contribution in [-0.4, -0.2) is 108 Å². The Balaban J connectivity index is 0.995. The number of unbranched alkanes of at least 4 members (excludes halogenated alkanes) is 1. The van der Waals surface area contributed by atoms with Gasteiger partial charge in [-0.3, -0.25) is 9.59 Å². The minimum atomic E-state index is -0.670. The van der Waals surface area contributed by atoms with Crippen molar-refractivity contribution >= 4 is 57.3 Å². The number of carbonyl (C=O) groups is 3. The molecule has 0 aliphatic carbocycles. The van der Waals surface area contributed by atoms with Gasteiger partial charge in [0, 0.05) is 30.6 Å². The Morgan fingerprint density at radius 3 is 2.13 bits per heavy atom. The zero-order chi connectivity index (χ0) is 42.5. The highest BCUT2D eigenvalue weighted by molar-refractivity contribution is 5.91. The average molecular weight is 818 g/mol. The molecule has 314 valence electrons. The Bertz CT molecular complexity index is 2550. The number of nitrogens with two attached hydrogens (primary N) is 1. The van der Waals surface area contributed by atoms with Gasteiger partial charge in [-0.2, -0.15) is 0 Å². The van der Waals surface area contributed by atoms with Crippen LogP contribution in [0.1, 0.15) is 71.1 Å². The van der Waals surface area contributed by atoms with E-state index in [-0.39, 0.29) is 35.7 Å². The van der Waals surface area contributed by atoms with Gasteiger partial charge in [0.1, 0.15) is 23.7 Å². The van der Waals surface area contributed by atoms with Gasteiger partial charge in [0.05, 0.1) is 44.0 Å². The van der Waals surface area contributed by atoms with Crippen molar-refractivity contribution in [3.63, 3.8) is 0 Å². The monoisotopic (exact) mass is 817 g/mol. The summed E-state index contributed by atoms with van der Waals surface area (Å²) in [5.74, 6) is 0.894. The van der Waals surface area contributed by atoms with Crippen LogP contribution in [0, 0.1) is 11.8 Å². The zero-order valence-corrected chi connectivity index (χ0v) is 34.7. The van der Waals surface area contributed by atoms with Crippen molar-refractivity contribution in [2.45, 2.75) is 77.9 Å². The Morgan fingerprint density at radius 1 is 0.867 bits per heavy atom. The number of alkyl carbamates (subject to hydrolysis) is 1. The molecule has 0 radical (unpaired) electrons. The molecule has 4 aromatic heterocycles. The highest BCUT2D eigenvalue weighted by Gasteiger charge is 2.37. The van der Waals surface area contributed by atoms with E-state index in [2.05, 4.69) is 57.4 Å². The van der Waals surface area contributed by atoms with E-state index in [9.17, 15) is 14.4 Å². The summed E-state index contributed by atoms with van der Waals surface area (Å²) < 4.78 is 9.67. The third-order valence-corrected chi connectivity index (χ3v) is 10.7. The predicted molar refractivity (Wildman–Crippen MR) is 226 cm³/mol. The van der Waals surface area contributed by atoms with Crippen LogP contribution < -0.4 is 16.4 Å². The number of aromatic nitrogens is 8. The maximum Gasteiger partial charge on any atom is 0.407 e. The van der Waals surface area contributed by atoms with Gasteiger partial charge in [0.25, 0.3) is 6.02 Å². The molecule has 0 bridgehead atoms. The van der Waals surface area contributed by atoms with E-state index in [1.165, 1.54) is 14.2 Å². The van der Waals surface area contributed by atoms with Gasteiger partial charge in [-0.05, 0) is 60.4 Å². The van der Waals surface area contributed by atoms with Crippen molar-refractivity contribution in [3.05, 3.63) is 60.4 Å². The van der Waals surface area contributed by atoms with Gasteiger partial charge in [0.2, 0.25) is 11.8 Å². The Kier molecular flexibility index (Phi) is 12.5. The second-order valence-corrected chi connectivity index (χ2v) is 15.6. The zero-order valence-electron chi connectivity index (χ0n) is 34.7. The summed E-state index contributed by atoms with van der Waals surface area (Å²) in [6, 6.07) is 10.7. The molecular weight excluding hydrogens is 767 g/mol. The number of likely N-dealkylation sites (tertiary alicyclic amines) is 1. The lowest BCUT2D eigenvalue weighted by Crippen LogP contribution is -2.49. The van der Waals surface area contributed by atoms with Crippen molar-refractivity contribution in [1.82, 2.24) is 55.4 Å². The molecule has 18 nitrogen and oxygen atoms in total. The van der Waals surface area contributed by atoms with E-state index in [1.807, 2.05) is 56.9 Å². The fourth-order valence-corrected chi connectivity index (χ4v) is 7.40. The van der Waals surface area contributed by atoms with E-state index in [0.717, 1.165) is 53.4 Å². The average Bonchev–Trinajstić information content (AvgIpc) is 4.01. The molecule has 0 spiro atoms. The number of H-pyrrole nitrogens is 2. The quantitative estimate of drug-likeness (QED) is 0.0556. The lowest BCUT2D eigenvalue weighted by Gasteiger charge is -2.27. The molecule has 3 atom stereocenters. The summed E-state index contributed by atoms with van der Waals surface area (Å²) in [6.45, 7) is 8.66. The summed E-state index contributed by atoms with van der Waals surface area (Å²) in [5, 5.41) is 7.52. The molecule has 18 heteroatoms. The van der Waals surface area contributed by atoms with E-state index in [0.29, 0.717) is 59.3 Å². The number of hydrogen-bond acceptors (Lipinski definition) is 12. The molecule has 60 heavy (non-hydrogen) atoms.